The van der Waals surface area contributed by atoms with Crippen LogP contribution in [-0.4, -0.2) is 43.3 Å². The molecule has 0 radical (unpaired) electrons. The average Bonchev–Trinajstić information content (AvgIpc) is 2.83. The molecule has 3 heterocycles. The van der Waals surface area contributed by atoms with Crippen LogP contribution in [0.25, 0.3) is 10.2 Å². The molecule has 0 spiro atoms. The largest absolute Gasteiger partial charge is 0.378 e. The van der Waals surface area contributed by atoms with E-state index in [-0.39, 0.29) is 0 Å². The minimum Gasteiger partial charge on any atom is -0.378 e. The maximum Gasteiger partial charge on any atom is 0.163 e. The van der Waals surface area contributed by atoms with Crippen molar-refractivity contribution in [2.45, 2.75) is 0 Å². The van der Waals surface area contributed by atoms with Gasteiger partial charge in [-0.05, 0) is 0 Å². The fourth-order valence-corrected chi connectivity index (χ4v) is 3.17. The van der Waals surface area contributed by atoms with Gasteiger partial charge in [0, 0.05) is 25.5 Å². The van der Waals surface area contributed by atoms with E-state index in [1.807, 2.05) is 0 Å². The third-order valence-electron chi connectivity index (χ3n) is 3.00. The van der Waals surface area contributed by atoms with E-state index < -0.39 is 0 Å². The van der Waals surface area contributed by atoms with E-state index in [0.29, 0.717) is 0 Å². The van der Waals surface area contributed by atoms with E-state index in [1.54, 1.807) is 24.7 Å². The Labute approximate surface area is 109 Å². The summed E-state index contributed by atoms with van der Waals surface area (Å²) in [6.45, 7) is 3.35. The van der Waals surface area contributed by atoms with Gasteiger partial charge in [0.1, 0.15) is 11.8 Å². The molecule has 0 unspecified atom stereocenters. The third kappa shape index (κ3) is 1.90. The summed E-state index contributed by atoms with van der Waals surface area (Å²) in [6.07, 6.45) is 1.57. The summed E-state index contributed by atoms with van der Waals surface area (Å²) in [5, 5.41) is 3.65. The van der Waals surface area contributed by atoms with Crippen LogP contribution in [0.4, 0.5) is 11.5 Å². The highest BCUT2D eigenvalue weighted by atomic mass is 32.1. The number of thiophene rings is 1. The van der Waals surface area contributed by atoms with Gasteiger partial charge in [-0.25, -0.2) is 15.8 Å². The normalized spacial score (nSPS) is 16.2. The standard InChI is InChI=1S/C11H15N5OS/c1-15(12)11-10-9(13-7-14-11)8(6-18-10)16-2-4-17-5-3-16/h6-7H,2-5,12H2,1H3. The average molecular weight is 265 g/mol. The lowest BCUT2D eigenvalue weighted by molar-refractivity contribution is 0.123. The van der Waals surface area contributed by atoms with E-state index >= 15 is 0 Å². The third-order valence-corrected chi connectivity index (χ3v) is 3.95. The summed E-state index contributed by atoms with van der Waals surface area (Å²) in [5.74, 6) is 6.55. The zero-order chi connectivity index (χ0) is 12.5. The molecule has 0 bridgehead atoms. The van der Waals surface area contributed by atoms with Gasteiger partial charge in [-0.3, -0.25) is 5.01 Å². The molecule has 2 N–H and O–H groups in total. The van der Waals surface area contributed by atoms with Crippen LogP contribution in [0.2, 0.25) is 0 Å². The van der Waals surface area contributed by atoms with Crippen LogP contribution in [0.1, 0.15) is 0 Å². The molecule has 0 aliphatic carbocycles. The maximum absolute atomic E-state index is 5.78. The molecule has 96 valence electrons. The second-order valence-electron chi connectivity index (χ2n) is 4.21. The summed E-state index contributed by atoms with van der Waals surface area (Å²) >= 11 is 1.63. The van der Waals surface area contributed by atoms with Gasteiger partial charge in [0.15, 0.2) is 5.82 Å². The first-order valence-electron chi connectivity index (χ1n) is 5.80. The number of aromatic nitrogens is 2. The molecule has 1 fully saturated rings. The molecule has 0 atom stereocenters. The highest BCUT2D eigenvalue weighted by Crippen LogP contribution is 2.35. The van der Waals surface area contributed by atoms with Crippen molar-refractivity contribution in [2.24, 2.45) is 5.84 Å². The first-order chi connectivity index (χ1) is 8.77. The Morgan fingerprint density at radius 2 is 2.17 bits per heavy atom. The van der Waals surface area contributed by atoms with Crippen molar-refractivity contribution in [1.29, 1.82) is 0 Å². The minimum atomic E-state index is 0.768. The zero-order valence-electron chi connectivity index (χ0n) is 10.2. The molecule has 2 aromatic heterocycles. The Morgan fingerprint density at radius 3 is 2.89 bits per heavy atom. The van der Waals surface area contributed by atoms with Crippen molar-refractivity contribution in [3.63, 3.8) is 0 Å². The molecule has 1 aliphatic heterocycles. The van der Waals surface area contributed by atoms with E-state index in [1.165, 1.54) is 5.01 Å². The first kappa shape index (κ1) is 11.6. The SMILES string of the molecule is CN(N)c1ncnc2c(N3CCOCC3)csc12. The fraction of sp³-hybridized carbons (Fsp3) is 0.455. The second-order valence-corrected chi connectivity index (χ2v) is 5.09. The molecule has 2 aromatic rings. The summed E-state index contributed by atoms with van der Waals surface area (Å²) in [7, 11) is 1.79. The van der Waals surface area contributed by atoms with Gasteiger partial charge in [0.05, 0.1) is 23.6 Å². The smallest absolute Gasteiger partial charge is 0.163 e. The predicted octanol–water partition coefficient (Wildman–Crippen LogP) is 0.838. The van der Waals surface area contributed by atoms with Crippen LogP contribution in [0.15, 0.2) is 11.7 Å². The van der Waals surface area contributed by atoms with E-state index in [2.05, 4.69) is 20.2 Å². The van der Waals surface area contributed by atoms with Crippen LogP contribution in [0.3, 0.4) is 0 Å². The van der Waals surface area contributed by atoms with E-state index in [0.717, 1.165) is 48.0 Å². The van der Waals surface area contributed by atoms with Crippen LogP contribution in [0.5, 0.6) is 0 Å². The molecule has 1 saturated heterocycles. The summed E-state index contributed by atoms with van der Waals surface area (Å²) in [4.78, 5) is 10.9. The second kappa shape index (κ2) is 4.68. The molecular formula is C11H15N5OS. The maximum atomic E-state index is 5.78. The van der Waals surface area contributed by atoms with E-state index in [9.17, 15) is 0 Å². The van der Waals surface area contributed by atoms with Gasteiger partial charge in [0.25, 0.3) is 0 Å². The Kier molecular flexibility index (Phi) is 3.02. The number of hydrogen-bond donors (Lipinski definition) is 1. The topological polar surface area (TPSA) is 67.5 Å². The van der Waals surface area contributed by atoms with Gasteiger partial charge < -0.3 is 9.64 Å². The quantitative estimate of drug-likeness (QED) is 0.641. The predicted molar refractivity (Wildman–Crippen MR) is 73.0 cm³/mol. The number of hydrogen-bond acceptors (Lipinski definition) is 7. The van der Waals surface area contributed by atoms with Crippen molar-refractivity contribution in [1.82, 2.24) is 9.97 Å². The number of anilines is 2. The molecule has 6 nitrogen and oxygen atoms in total. The minimum absolute atomic E-state index is 0.768. The van der Waals surface area contributed by atoms with Crippen molar-refractivity contribution in [3.8, 4) is 0 Å². The van der Waals surface area contributed by atoms with Gasteiger partial charge >= 0.3 is 0 Å². The molecule has 0 saturated carbocycles. The summed E-state index contributed by atoms with van der Waals surface area (Å²) in [5.41, 5.74) is 2.13. The number of nitrogens with two attached hydrogens (primary N) is 1. The van der Waals surface area contributed by atoms with Crippen molar-refractivity contribution in [2.75, 3.05) is 43.3 Å². The lowest BCUT2D eigenvalue weighted by Crippen LogP contribution is -2.36. The lowest BCUT2D eigenvalue weighted by atomic mass is 10.3. The van der Waals surface area contributed by atoms with Gasteiger partial charge in [0.2, 0.25) is 0 Å². The molecular weight excluding hydrogens is 250 g/mol. The Morgan fingerprint density at radius 1 is 1.39 bits per heavy atom. The molecule has 7 heteroatoms. The van der Waals surface area contributed by atoms with Gasteiger partial charge in [-0.15, -0.1) is 11.3 Å². The van der Waals surface area contributed by atoms with Crippen LogP contribution in [-0.2, 0) is 4.74 Å². The number of ether oxygens (including phenoxy) is 1. The van der Waals surface area contributed by atoms with Crippen molar-refractivity contribution in [3.05, 3.63) is 11.7 Å². The highest BCUT2D eigenvalue weighted by Gasteiger charge is 2.18. The van der Waals surface area contributed by atoms with Crippen LogP contribution in [0, 0.1) is 0 Å². The number of hydrazine groups is 1. The lowest BCUT2D eigenvalue weighted by Gasteiger charge is -2.27. The molecule has 0 amide bonds. The van der Waals surface area contributed by atoms with Gasteiger partial charge in [-0.1, -0.05) is 0 Å². The zero-order valence-corrected chi connectivity index (χ0v) is 11.0. The Balaban J connectivity index is 2.06. The molecule has 18 heavy (non-hydrogen) atoms. The van der Waals surface area contributed by atoms with Crippen molar-refractivity contribution < 1.29 is 4.74 Å². The fourth-order valence-electron chi connectivity index (χ4n) is 2.11. The highest BCUT2D eigenvalue weighted by molar-refractivity contribution is 7.18. The number of nitrogens with zero attached hydrogens (tertiary/aromatic N) is 4. The molecule has 3 rings (SSSR count). The van der Waals surface area contributed by atoms with Crippen LogP contribution >= 0.6 is 11.3 Å². The number of fused-ring (bicyclic) bond motifs is 1. The molecule has 1 aliphatic rings. The van der Waals surface area contributed by atoms with Gasteiger partial charge in [-0.2, -0.15) is 0 Å². The Bertz CT molecular complexity index is 549. The van der Waals surface area contributed by atoms with E-state index in [4.69, 9.17) is 10.6 Å². The summed E-state index contributed by atoms with van der Waals surface area (Å²) < 4.78 is 6.40. The number of morpholine rings is 1. The van der Waals surface area contributed by atoms with Crippen LogP contribution < -0.4 is 15.8 Å². The Hall–Kier alpha value is -1.44. The monoisotopic (exact) mass is 265 g/mol. The van der Waals surface area contributed by atoms with Crippen molar-refractivity contribution >= 4 is 33.1 Å². The number of rotatable bonds is 2. The summed E-state index contributed by atoms with van der Waals surface area (Å²) in [6, 6.07) is 0. The molecule has 0 aromatic carbocycles. The first-order valence-corrected chi connectivity index (χ1v) is 6.68.